The van der Waals surface area contributed by atoms with Gasteiger partial charge < -0.3 is 0 Å². The first-order chi connectivity index (χ1) is 7.86. The summed E-state index contributed by atoms with van der Waals surface area (Å²) in [5.74, 6) is -0.189. The molecule has 0 fully saturated rings. The van der Waals surface area contributed by atoms with Gasteiger partial charge in [-0.1, -0.05) is 45.0 Å². The van der Waals surface area contributed by atoms with Crippen LogP contribution < -0.4 is 0 Å². The normalized spacial score (nSPS) is 11.3. The molecule has 92 valence electrons. The first kappa shape index (κ1) is 13.6. The lowest BCUT2D eigenvalue weighted by molar-refractivity contribution is -0.116. The summed E-state index contributed by atoms with van der Waals surface area (Å²) in [7, 11) is 0. The average molecular weight is 232 g/mol. The van der Waals surface area contributed by atoms with Crippen molar-refractivity contribution in [2.45, 2.75) is 46.0 Å². The highest BCUT2D eigenvalue weighted by Gasteiger charge is 2.18. The molecule has 0 bridgehead atoms. The van der Waals surface area contributed by atoms with Gasteiger partial charge in [-0.25, -0.2) is 0 Å². The van der Waals surface area contributed by atoms with E-state index in [1.807, 2.05) is 24.3 Å². The van der Waals surface area contributed by atoms with Crippen LogP contribution in [-0.4, -0.2) is 11.6 Å². The van der Waals surface area contributed by atoms with E-state index in [4.69, 9.17) is 0 Å². The zero-order valence-corrected chi connectivity index (χ0v) is 11.0. The van der Waals surface area contributed by atoms with Crippen LogP contribution in [0, 0.1) is 0 Å². The van der Waals surface area contributed by atoms with Crippen LogP contribution in [0.2, 0.25) is 0 Å². The number of hydrogen-bond acceptors (Lipinski definition) is 2. The van der Waals surface area contributed by atoms with E-state index in [0.29, 0.717) is 5.56 Å². The summed E-state index contributed by atoms with van der Waals surface area (Å²) in [6.45, 7) is 7.94. The van der Waals surface area contributed by atoms with Crippen LogP contribution in [0.5, 0.6) is 0 Å². The number of benzene rings is 1. The Morgan fingerprint density at radius 1 is 1.12 bits per heavy atom. The molecule has 1 aromatic carbocycles. The quantitative estimate of drug-likeness (QED) is 0.575. The van der Waals surface area contributed by atoms with Crippen LogP contribution >= 0.6 is 0 Å². The van der Waals surface area contributed by atoms with Crippen molar-refractivity contribution in [3.63, 3.8) is 0 Å². The minimum absolute atomic E-state index is 0.00346. The molecule has 0 N–H and O–H groups in total. The summed E-state index contributed by atoms with van der Waals surface area (Å²) in [6, 6.07) is 7.60. The Morgan fingerprint density at radius 2 is 1.65 bits per heavy atom. The molecule has 0 heterocycles. The molecule has 0 radical (unpaired) electrons. The molecular formula is C15H20O2. The highest BCUT2D eigenvalue weighted by atomic mass is 16.1. The summed E-state index contributed by atoms with van der Waals surface area (Å²) in [6.07, 6.45) is 1.05. The van der Waals surface area contributed by atoms with Gasteiger partial charge >= 0.3 is 0 Å². The van der Waals surface area contributed by atoms with Gasteiger partial charge in [0, 0.05) is 5.56 Å². The van der Waals surface area contributed by atoms with E-state index < -0.39 is 0 Å². The van der Waals surface area contributed by atoms with Gasteiger partial charge in [-0.05, 0) is 24.3 Å². The first-order valence-corrected chi connectivity index (χ1v) is 6.00. The third-order valence-corrected chi connectivity index (χ3v) is 3.28. The summed E-state index contributed by atoms with van der Waals surface area (Å²) < 4.78 is 0. The van der Waals surface area contributed by atoms with E-state index in [0.717, 1.165) is 6.42 Å². The van der Waals surface area contributed by atoms with Crippen molar-refractivity contribution in [3.8, 4) is 0 Å². The average Bonchev–Trinajstić information content (AvgIpc) is 2.28. The van der Waals surface area contributed by atoms with Crippen molar-refractivity contribution in [2.24, 2.45) is 0 Å². The molecule has 0 atom stereocenters. The highest BCUT2D eigenvalue weighted by molar-refractivity contribution is 6.07. The lowest BCUT2D eigenvalue weighted by Crippen LogP contribution is -2.15. The number of hydrogen-bond donors (Lipinski definition) is 0. The minimum atomic E-state index is -0.0987. The van der Waals surface area contributed by atoms with Gasteiger partial charge in [-0.15, -0.1) is 0 Å². The third-order valence-electron chi connectivity index (χ3n) is 3.28. The van der Waals surface area contributed by atoms with Crippen molar-refractivity contribution in [1.29, 1.82) is 0 Å². The zero-order valence-electron chi connectivity index (χ0n) is 11.0. The van der Waals surface area contributed by atoms with Crippen LogP contribution in [-0.2, 0) is 10.2 Å². The summed E-state index contributed by atoms with van der Waals surface area (Å²) in [5.41, 5.74) is 1.97. The number of carbonyl (C=O) groups excluding carboxylic acids is 2. The maximum atomic E-state index is 11.7. The molecule has 2 heteroatoms. The van der Waals surface area contributed by atoms with Gasteiger partial charge in [-0.2, -0.15) is 0 Å². The smallest absolute Gasteiger partial charge is 0.170 e. The summed E-state index contributed by atoms with van der Waals surface area (Å²) >= 11 is 0. The Morgan fingerprint density at radius 3 is 2.06 bits per heavy atom. The fourth-order valence-corrected chi connectivity index (χ4v) is 1.64. The minimum Gasteiger partial charge on any atom is -0.300 e. The van der Waals surface area contributed by atoms with Gasteiger partial charge in [0.15, 0.2) is 5.78 Å². The van der Waals surface area contributed by atoms with Gasteiger partial charge in [0.25, 0.3) is 0 Å². The maximum Gasteiger partial charge on any atom is 0.170 e. The molecule has 1 rings (SSSR count). The number of carbonyl (C=O) groups is 2. The molecule has 0 saturated carbocycles. The Balaban J connectivity index is 2.88. The van der Waals surface area contributed by atoms with E-state index in [-0.39, 0.29) is 23.4 Å². The van der Waals surface area contributed by atoms with Gasteiger partial charge in [-0.3, -0.25) is 9.59 Å². The van der Waals surface area contributed by atoms with E-state index in [9.17, 15) is 9.59 Å². The second kappa shape index (κ2) is 5.26. The van der Waals surface area contributed by atoms with Crippen molar-refractivity contribution in [3.05, 3.63) is 35.4 Å². The van der Waals surface area contributed by atoms with Crippen LogP contribution in [0.15, 0.2) is 24.3 Å². The Kier molecular flexibility index (Phi) is 4.22. The molecule has 0 unspecified atom stereocenters. The number of Topliss-reactive ketones (excluding diaryl/α,β-unsaturated/α-hetero) is 2. The van der Waals surface area contributed by atoms with E-state index in [2.05, 4.69) is 20.8 Å². The molecule has 2 nitrogen and oxygen atoms in total. The Labute approximate surface area is 103 Å². The zero-order chi connectivity index (χ0) is 13.1. The molecule has 0 aromatic heterocycles. The monoisotopic (exact) mass is 232 g/mol. The Bertz CT molecular complexity index is 413. The predicted molar refractivity (Wildman–Crippen MR) is 69.4 cm³/mol. The SMILES string of the molecule is CCC(C)(C)c1ccc(C(=O)CC(C)=O)cc1. The third kappa shape index (κ3) is 3.52. The first-order valence-electron chi connectivity index (χ1n) is 6.00. The predicted octanol–water partition coefficient (Wildman–Crippen LogP) is 3.54. The van der Waals surface area contributed by atoms with Crippen molar-refractivity contribution < 1.29 is 9.59 Å². The van der Waals surface area contributed by atoms with Crippen LogP contribution in [0.4, 0.5) is 0 Å². The number of ketones is 2. The fourth-order valence-electron chi connectivity index (χ4n) is 1.64. The Hall–Kier alpha value is -1.44. The summed E-state index contributed by atoms with van der Waals surface area (Å²) in [4.78, 5) is 22.5. The second-order valence-corrected chi connectivity index (χ2v) is 5.12. The van der Waals surface area contributed by atoms with Gasteiger partial charge in [0.1, 0.15) is 5.78 Å². The van der Waals surface area contributed by atoms with Crippen molar-refractivity contribution in [1.82, 2.24) is 0 Å². The molecule has 0 spiro atoms. The topological polar surface area (TPSA) is 34.1 Å². The molecule has 17 heavy (non-hydrogen) atoms. The maximum absolute atomic E-state index is 11.7. The van der Waals surface area contributed by atoms with Gasteiger partial charge in [0.05, 0.1) is 6.42 Å². The van der Waals surface area contributed by atoms with Crippen LogP contribution in [0.3, 0.4) is 0 Å². The van der Waals surface area contributed by atoms with Crippen molar-refractivity contribution >= 4 is 11.6 Å². The molecule has 0 aliphatic carbocycles. The lowest BCUT2D eigenvalue weighted by atomic mass is 9.82. The van der Waals surface area contributed by atoms with E-state index in [1.54, 1.807) is 0 Å². The molecule has 0 amide bonds. The largest absolute Gasteiger partial charge is 0.300 e. The summed E-state index contributed by atoms with van der Waals surface area (Å²) in [5, 5.41) is 0. The molecule has 0 aliphatic rings. The van der Waals surface area contributed by atoms with Crippen LogP contribution in [0.1, 0.15) is 56.5 Å². The van der Waals surface area contributed by atoms with Crippen LogP contribution in [0.25, 0.3) is 0 Å². The molecular weight excluding hydrogens is 212 g/mol. The second-order valence-electron chi connectivity index (χ2n) is 5.12. The number of rotatable bonds is 5. The standard InChI is InChI=1S/C15H20O2/c1-5-15(3,4)13-8-6-12(7-9-13)14(17)10-11(2)16/h6-9H,5,10H2,1-4H3. The molecule has 1 aromatic rings. The molecule has 0 aliphatic heterocycles. The fraction of sp³-hybridized carbons (Fsp3) is 0.467. The van der Waals surface area contributed by atoms with Crippen molar-refractivity contribution in [2.75, 3.05) is 0 Å². The molecule has 0 saturated heterocycles. The lowest BCUT2D eigenvalue weighted by Gasteiger charge is -2.23. The van der Waals surface area contributed by atoms with Gasteiger partial charge in [0.2, 0.25) is 0 Å². The van der Waals surface area contributed by atoms with E-state index in [1.165, 1.54) is 12.5 Å². The highest BCUT2D eigenvalue weighted by Crippen LogP contribution is 2.26. The van der Waals surface area contributed by atoms with E-state index >= 15 is 0 Å².